The molecule has 4 heteroatoms. The van der Waals surface area contributed by atoms with Gasteiger partial charge in [-0.15, -0.1) is 0 Å². The Balaban J connectivity index is 2.24. The van der Waals surface area contributed by atoms with E-state index >= 15 is 0 Å². The van der Waals surface area contributed by atoms with Crippen molar-refractivity contribution in [2.75, 3.05) is 19.8 Å². The van der Waals surface area contributed by atoms with E-state index in [1.54, 1.807) is 6.26 Å². The predicted molar refractivity (Wildman–Crippen MR) is 63.6 cm³/mol. The van der Waals surface area contributed by atoms with Crippen LogP contribution in [0.2, 0.25) is 0 Å². The summed E-state index contributed by atoms with van der Waals surface area (Å²) >= 11 is 0. The molecule has 0 saturated carbocycles. The van der Waals surface area contributed by atoms with E-state index in [-0.39, 0.29) is 12.4 Å². The zero-order valence-corrected chi connectivity index (χ0v) is 10.1. The fourth-order valence-electron chi connectivity index (χ4n) is 1.45. The topological polar surface area (TPSA) is 40.0 Å². The second kappa shape index (κ2) is 8.30. The lowest BCUT2D eigenvalue weighted by Crippen LogP contribution is -2.22. The van der Waals surface area contributed by atoms with Crippen molar-refractivity contribution < 1.29 is 14.2 Å². The first-order valence-electron chi connectivity index (χ1n) is 5.90. The van der Waals surface area contributed by atoms with Gasteiger partial charge in [-0.2, -0.15) is 0 Å². The summed E-state index contributed by atoms with van der Waals surface area (Å²) in [5.74, 6) is 0. The van der Waals surface area contributed by atoms with Crippen molar-refractivity contribution in [3.8, 4) is 0 Å². The highest BCUT2D eigenvalue weighted by atomic mass is 16.7. The van der Waals surface area contributed by atoms with Gasteiger partial charge in [-0.1, -0.05) is 0 Å². The van der Waals surface area contributed by atoms with Crippen LogP contribution in [0.4, 0.5) is 0 Å². The van der Waals surface area contributed by atoms with Gasteiger partial charge >= 0.3 is 0 Å². The molecule has 0 amide bonds. The summed E-state index contributed by atoms with van der Waals surface area (Å²) in [6.07, 6.45) is 7.52. The molecule has 4 nitrogen and oxygen atoms in total. The highest BCUT2D eigenvalue weighted by Gasteiger charge is 2.09. The maximum Gasteiger partial charge on any atom is 0.176 e. The van der Waals surface area contributed by atoms with E-state index in [0.29, 0.717) is 19.8 Å². The van der Waals surface area contributed by atoms with Crippen LogP contribution in [-0.4, -0.2) is 38.4 Å². The van der Waals surface area contributed by atoms with Crippen molar-refractivity contribution >= 4 is 6.21 Å². The Morgan fingerprint density at radius 2 is 2.19 bits per heavy atom. The number of hydrogen-bond donors (Lipinski definition) is 0. The molecule has 0 spiro atoms. The van der Waals surface area contributed by atoms with Gasteiger partial charge < -0.3 is 14.2 Å². The molecular formula is C12H21NO3. The smallest absolute Gasteiger partial charge is 0.176 e. The second-order valence-corrected chi connectivity index (χ2v) is 3.48. The lowest BCUT2D eigenvalue weighted by molar-refractivity contribution is -0.128. The van der Waals surface area contributed by atoms with Crippen LogP contribution in [0.3, 0.4) is 0 Å². The third-order valence-corrected chi connectivity index (χ3v) is 2.20. The average Bonchev–Trinajstić information content (AvgIpc) is 2.31. The molecule has 0 aromatic rings. The van der Waals surface area contributed by atoms with Gasteiger partial charge in [0.05, 0.1) is 12.8 Å². The first-order valence-corrected chi connectivity index (χ1v) is 5.90. The van der Waals surface area contributed by atoms with Gasteiger partial charge in [0, 0.05) is 19.4 Å². The minimum Gasteiger partial charge on any atom is -0.493 e. The Morgan fingerprint density at radius 3 is 2.75 bits per heavy atom. The average molecular weight is 227 g/mol. The van der Waals surface area contributed by atoms with Gasteiger partial charge in [0.2, 0.25) is 0 Å². The lowest BCUT2D eigenvalue weighted by atomic mass is 10.2. The number of hydrogen-bond acceptors (Lipinski definition) is 4. The zero-order valence-electron chi connectivity index (χ0n) is 10.1. The number of aliphatic imine (C=N–C) groups is 1. The van der Waals surface area contributed by atoms with Crippen LogP contribution in [-0.2, 0) is 14.2 Å². The van der Waals surface area contributed by atoms with Crippen LogP contribution in [0.15, 0.2) is 17.3 Å². The van der Waals surface area contributed by atoms with Crippen LogP contribution in [0.1, 0.15) is 26.7 Å². The Morgan fingerprint density at radius 1 is 1.44 bits per heavy atom. The summed E-state index contributed by atoms with van der Waals surface area (Å²) < 4.78 is 16.1. The van der Waals surface area contributed by atoms with Crippen molar-refractivity contribution in [2.24, 2.45) is 4.99 Å². The third-order valence-electron chi connectivity index (χ3n) is 2.20. The predicted octanol–water partition coefficient (Wildman–Crippen LogP) is 2.15. The van der Waals surface area contributed by atoms with Gasteiger partial charge in [0.25, 0.3) is 0 Å². The fraction of sp³-hybridized carbons (Fsp3) is 0.750. The number of ether oxygens (including phenoxy) is 3. The molecule has 0 N–H and O–H groups in total. The van der Waals surface area contributed by atoms with E-state index in [4.69, 9.17) is 14.2 Å². The van der Waals surface area contributed by atoms with Gasteiger partial charge in [-0.05, 0) is 32.8 Å². The first-order chi connectivity index (χ1) is 7.86. The number of nitrogens with zero attached hydrogens (tertiary/aromatic N) is 1. The lowest BCUT2D eigenvalue weighted by Gasteiger charge is -2.16. The molecule has 1 heterocycles. The Bertz CT molecular complexity index is 222. The van der Waals surface area contributed by atoms with E-state index in [9.17, 15) is 0 Å². The monoisotopic (exact) mass is 227 g/mol. The molecule has 16 heavy (non-hydrogen) atoms. The van der Waals surface area contributed by atoms with E-state index < -0.39 is 0 Å². The largest absolute Gasteiger partial charge is 0.493 e. The summed E-state index contributed by atoms with van der Waals surface area (Å²) in [6.45, 7) is 5.71. The van der Waals surface area contributed by atoms with Crippen LogP contribution in [0.5, 0.6) is 0 Å². The fourth-order valence-corrected chi connectivity index (χ4v) is 1.45. The normalized spacial score (nSPS) is 20.6. The van der Waals surface area contributed by atoms with Crippen LogP contribution < -0.4 is 0 Å². The molecule has 1 aliphatic heterocycles. The van der Waals surface area contributed by atoms with E-state index in [1.807, 2.05) is 26.1 Å². The minimum atomic E-state index is -0.231. The van der Waals surface area contributed by atoms with Gasteiger partial charge in [0.1, 0.15) is 6.10 Å². The Labute approximate surface area is 97.3 Å². The van der Waals surface area contributed by atoms with E-state index in [2.05, 4.69) is 4.99 Å². The number of rotatable bonds is 7. The standard InChI is InChI=1S/C12H21NO3/c1-3-14-12(15-4-2)10-13-9-11-7-5-6-8-16-11/h6,8-9,11-12H,3-5,7,10H2,1-2H3. The molecule has 1 atom stereocenters. The molecule has 0 aromatic heterocycles. The summed E-state index contributed by atoms with van der Waals surface area (Å²) in [7, 11) is 0. The minimum absolute atomic E-state index is 0.105. The van der Waals surface area contributed by atoms with Gasteiger partial charge in [-0.25, -0.2) is 0 Å². The van der Waals surface area contributed by atoms with Crippen molar-refractivity contribution in [1.82, 2.24) is 0 Å². The van der Waals surface area contributed by atoms with Crippen LogP contribution in [0, 0.1) is 0 Å². The molecule has 0 aromatic carbocycles. The molecule has 0 aliphatic carbocycles. The van der Waals surface area contributed by atoms with Crippen LogP contribution >= 0.6 is 0 Å². The zero-order chi connectivity index (χ0) is 11.6. The quantitative estimate of drug-likeness (QED) is 0.494. The molecule has 92 valence electrons. The van der Waals surface area contributed by atoms with Crippen molar-refractivity contribution in [3.05, 3.63) is 12.3 Å². The summed E-state index contributed by atoms with van der Waals surface area (Å²) in [5.41, 5.74) is 0. The molecule has 1 rings (SSSR count). The Hall–Kier alpha value is -0.870. The SMILES string of the molecule is CCOC(CN=CC1CCC=CO1)OCC. The molecule has 0 fully saturated rings. The molecule has 1 aliphatic rings. The molecule has 0 bridgehead atoms. The summed E-state index contributed by atoms with van der Waals surface area (Å²) in [4.78, 5) is 4.30. The van der Waals surface area contributed by atoms with Crippen molar-refractivity contribution in [2.45, 2.75) is 39.1 Å². The van der Waals surface area contributed by atoms with Crippen LogP contribution in [0.25, 0.3) is 0 Å². The summed E-state index contributed by atoms with van der Waals surface area (Å²) in [6, 6.07) is 0. The molecule has 0 radical (unpaired) electrons. The Kier molecular flexibility index (Phi) is 6.85. The second-order valence-electron chi connectivity index (χ2n) is 3.48. The molecule has 1 unspecified atom stereocenters. The third kappa shape index (κ3) is 5.28. The van der Waals surface area contributed by atoms with Gasteiger partial charge in [-0.3, -0.25) is 4.99 Å². The van der Waals surface area contributed by atoms with Gasteiger partial charge in [0.15, 0.2) is 6.29 Å². The maximum absolute atomic E-state index is 5.38. The summed E-state index contributed by atoms with van der Waals surface area (Å²) in [5, 5.41) is 0. The maximum atomic E-state index is 5.38. The molecular weight excluding hydrogens is 206 g/mol. The highest BCUT2D eigenvalue weighted by molar-refractivity contribution is 5.63. The van der Waals surface area contributed by atoms with Crippen molar-refractivity contribution in [3.63, 3.8) is 0 Å². The first kappa shape index (κ1) is 13.2. The van der Waals surface area contributed by atoms with E-state index in [1.165, 1.54) is 0 Å². The number of allylic oxidation sites excluding steroid dienone is 1. The van der Waals surface area contributed by atoms with Crippen molar-refractivity contribution in [1.29, 1.82) is 0 Å². The highest BCUT2D eigenvalue weighted by Crippen LogP contribution is 2.08. The molecule has 0 saturated heterocycles. The van der Waals surface area contributed by atoms with E-state index in [0.717, 1.165) is 12.8 Å².